The van der Waals surface area contributed by atoms with Crippen LogP contribution in [0.2, 0.25) is 0 Å². The summed E-state index contributed by atoms with van der Waals surface area (Å²) in [6.07, 6.45) is 11.5. The van der Waals surface area contributed by atoms with Gasteiger partial charge in [0, 0.05) is 66.8 Å². The Hall–Kier alpha value is -5.27. The maximum atomic E-state index is 13.4. The van der Waals surface area contributed by atoms with E-state index in [1.807, 2.05) is 12.1 Å². The summed E-state index contributed by atoms with van der Waals surface area (Å²) in [6, 6.07) is 16.1. The summed E-state index contributed by atoms with van der Waals surface area (Å²) in [5.41, 5.74) is 9.97. The first-order valence-corrected chi connectivity index (χ1v) is 20.7. The molecule has 5 fully saturated rings. The fourth-order valence-electron chi connectivity index (χ4n) is 9.71. The SMILES string of the molecule is C=C1CCC(n2ccc3cc(N4CCC(CN5CCC(c6ccc(Nc7nc(N8CCCC9(COC9)C8)cnc7C(N)=O)cc6)CC5)CC4)ccc3c2=O)C(=O)N1. The number of amides is 2. The van der Waals surface area contributed by atoms with Gasteiger partial charge in [0.2, 0.25) is 5.91 Å². The van der Waals surface area contributed by atoms with Crippen LogP contribution in [-0.2, 0) is 9.53 Å². The second kappa shape index (κ2) is 15.6. The standard InChI is InChI=1S/C44H53N9O4/c1-29-3-10-37(42(55)47-29)53-22-15-33-23-35(8-9-36(33)43(53)56)51-20-11-30(12-21-51)25-50-18-13-32(14-19-50)31-4-6-34(7-5-31)48-41-39(40(45)54)46-24-38(49-41)52-17-2-16-44(26-52)27-57-28-44/h4-9,15,22-24,30,32,37H,1-3,10-14,16-21,25-28H2,(H2,45,54)(H,47,55)(H,48,49). The zero-order valence-corrected chi connectivity index (χ0v) is 32.6. The summed E-state index contributed by atoms with van der Waals surface area (Å²) >= 11 is 0. The van der Waals surface area contributed by atoms with Crippen molar-refractivity contribution in [2.24, 2.45) is 17.1 Å². The van der Waals surface area contributed by atoms with Gasteiger partial charge in [-0.05, 0) is 124 Å². The van der Waals surface area contributed by atoms with E-state index in [1.165, 1.54) is 5.56 Å². The van der Waals surface area contributed by atoms with Crippen molar-refractivity contribution >= 4 is 45.6 Å². The Labute approximate surface area is 333 Å². The van der Waals surface area contributed by atoms with Gasteiger partial charge in [-0.2, -0.15) is 0 Å². The van der Waals surface area contributed by atoms with E-state index in [0.29, 0.717) is 41.6 Å². The van der Waals surface area contributed by atoms with Crippen molar-refractivity contribution in [2.45, 2.75) is 63.3 Å². The van der Waals surface area contributed by atoms with Crippen molar-refractivity contribution < 1.29 is 14.3 Å². The Balaban J connectivity index is 0.758. The Morgan fingerprint density at radius 3 is 2.47 bits per heavy atom. The summed E-state index contributed by atoms with van der Waals surface area (Å²) in [5, 5.41) is 7.69. The Morgan fingerprint density at radius 2 is 1.75 bits per heavy atom. The minimum absolute atomic E-state index is 0.124. The van der Waals surface area contributed by atoms with Crippen LogP contribution in [-0.4, -0.2) is 90.3 Å². The number of nitrogens with two attached hydrogens (primary N) is 1. The molecule has 1 unspecified atom stereocenters. The molecule has 7 heterocycles. The lowest BCUT2D eigenvalue weighted by atomic mass is 9.78. The highest BCUT2D eigenvalue weighted by molar-refractivity contribution is 5.96. The Kier molecular flexibility index (Phi) is 10.2. The van der Waals surface area contributed by atoms with Crippen LogP contribution in [0.1, 0.15) is 79.4 Å². The molecule has 2 aromatic carbocycles. The quantitative estimate of drug-likeness (QED) is 0.204. The number of primary amides is 1. The molecule has 4 aromatic rings. The lowest BCUT2D eigenvalue weighted by Crippen LogP contribution is -2.54. The minimum atomic E-state index is -0.604. The van der Waals surface area contributed by atoms with Crippen molar-refractivity contribution in [1.29, 1.82) is 0 Å². The van der Waals surface area contributed by atoms with Crippen molar-refractivity contribution in [1.82, 2.24) is 24.8 Å². The molecule has 0 bridgehead atoms. The Morgan fingerprint density at radius 1 is 0.965 bits per heavy atom. The van der Waals surface area contributed by atoms with Crippen molar-refractivity contribution in [3.63, 3.8) is 0 Å². The smallest absolute Gasteiger partial charge is 0.271 e. The highest BCUT2D eigenvalue weighted by Gasteiger charge is 2.42. The average molecular weight is 772 g/mol. The summed E-state index contributed by atoms with van der Waals surface area (Å²) in [5.74, 6) is 1.55. The molecule has 0 saturated carbocycles. The molecule has 13 heteroatoms. The zero-order chi connectivity index (χ0) is 39.1. The number of fused-ring (bicyclic) bond motifs is 1. The number of nitrogens with zero attached hydrogens (tertiary/aromatic N) is 6. The van der Waals surface area contributed by atoms with Crippen molar-refractivity contribution in [3.8, 4) is 0 Å². The molecule has 2 aromatic heterocycles. The van der Waals surface area contributed by atoms with Crippen LogP contribution >= 0.6 is 0 Å². The number of anilines is 4. The fourth-order valence-corrected chi connectivity index (χ4v) is 9.71. The van der Waals surface area contributed by atoms with E-state index in [-0.39, 0.29) is 22.6 Å². The lowest BCUT2D eigenvalue weighted by molar-refractivity contribution is -0.124. The molecule has 1 atom stereocenters. The average Bonchev–Trinajstić information content (AvgIpc) is 3.21. The van der Waals surface area contributed by atoms with Crippen LogP contribution in [0.4, 0.5) is 23.0 Å². The van der Waals surface area contributed by atoms with Gasteiger partial charge in [-0.25, -0.2) is 9.97 Å². The van der Waals surface area contributed by atoms with Gasteiger partial charge in [-0.1, -0.05) is 18.7 Å². The first-order chi connectivity index (χ1) is 27.7. The number of hydrogen-bond donors (Lipinski definition) is 3. The molecule has 5 saturated heterocycles. The van der Waals surface area contributed by atoms with Gasteiger partial charge in [0.25, 0.3) is 11.5 Å². The van der Waals surface area contributed by atoms with E-state index >= 15 is 0 Å². The molecule has 5 aliphatic rings. The molecule has 13 nitrogen and oxygen atoms in total. The number of carbonyl (C=O) groups excluding carboxylic acids is 2. The number of rotatable bonds is 9. The van der Waals surface area contributed by atoms with E-state index in [1.54, 1.807) is 17.0 Å². The van der Waals surface area contributed by atoms with Crippen LogP contribution in [0, 0.1) is 11.3 Å². The number of carbonyl (C=O) groups is 2. The molecule has 0 radical (unpaired) electrons. The molecule has 2 amide bonds. The lowest BCUT2D eigenvalue weighted by Gasteiger charge is -2.48. The molecular weight excluding hydrogens is 719 g/mol. The van der Waals surface area contributed by atoms with Gasteiger partial charge in [0.05, 0.1) is 19.4 Å². The predicted octanol–water partition coefficient (Wildman–Crippen LogP) is 5.31. The first kappa shape index (κ1) is 37.3. The summed E-state index contributed by atoms with van der Waals surface area (Å²) in [6.45, 7) is 12.5. The number of hydrogen-bond acceptors (Lipinski definition) is 10. The van der Waals surface area contributed by atoms with E-state index in [4.69, 9.17) is 15.5 Å². The molecule has 57 heavy (non-hydrogen) atoms. The molecule has 4 N–H and O–H groups in total. The second-order valence-corrected chi connectivity index (χ2v) is 17.0. The van der Waals surface area contributed by atoms with Crippen LogP contribution in [0.25, 0.3) is 10.8 Å². The van der Waals surface area contributed by atoms with Crippen LogP contribution in [0.5, 0.6) is 0 Å². The predicted molar refractivity (Wildman–Crippen MR) is 222 cm³/mol. The van der Waals surface area contributed by atoms with Gasteiger partial charge in [0.1, 0.15) is 11.9 Å². The number of pyridine rings is 1. The number of nitrogens with one attached hydrogen (secondary N) is 2. The third-order valence-corrected chi connectivity index (χ3v) is 13.1. The van der Waals surface area contributed by atoms with Gasteiger partial charge >= 0.3 is 0 Å². The number of allylic oxidation sites excluding steroid dienone is 1. The summed E-state index contributed by atoms with van der Waals surface area (Å²) in [7, 11) is 0. The number of piperidine rings is 4. The van der Waals surface area contributed by atoms with Crippen LogP contribution in [0.3, 0.4) is 0 Å². The number of likely N-dealkylation sites (tertiary alicyclic amines) is 1. The largest absolute Gasteiger partial charge is 0.380 e. The number of benzene rings is 2. The summed E-state index contributed by atoms with van der Waals surface area (Å²) in [4.78, 5) is 54.8. The normalized spacial score (nSPS) is 22.1. The molecule has 9 rings (SSSR count). The van der Waals surface area contributed by atoms with E-state index in [2.05, 4.69) is 73.3 Å². The highest BCUT2D eigenvalue weighted by atomic mass is 16.5. The summed E-state index contributed by atoms with van der Waals surface area (Å²) < 4.78 is 7.10. The maximum absolute atomic E-state index is 13.4. The number of ether oxygens (including phenoxy) is 1. The fraction of sp³-hybridized carbons (Fsp3) is 0.477. The van der Waals surface area contributed by atoms with Gasteiger partial charge in [0.15, 0.2) is 11.5 Å². The van der Waals surface area contributed by atoms with E-state index in [9.17, 15) is 14.4 Å². The van der Waals surface area contributed by atoms with Gasteiger partial charge in [-0.15, -0.1) is 0 Å². The zero-order valence-electron chi connectivity index (χ0n) is 32.6. The van der Waals surface area contributed by atoms with Crippen molar-refractivity contribution in [3.05, 3.63) is 94.8 Å². The van der Waals surface area contributed by atoms with Crippen molar-refractivity contribution in [2.75, 3.05) is 74.1 Å². The highest BCUT2D eigenvalue weighted by Crippen LogP contribution is 2.39. The topological polar surface area (TPSA) is 151 Å². The third-order valence-electron chi connectivity index (χ3n) is 13.1. The molecule has 0 aliphatic carbocycles. The van der Waals surface area contributed by atoms with Gasteiger partial charge in [-0.3, -0.25) is 14.4 Å². The minimum Gasteiger partial charge on any atom is -0.380 e. The molecule has 1 spiro atoms. The van der Waals surface area contributed by atoms with E-state index < -0.39 is 11.9 Å². The number of aromatic nitrogens is 3. The monoisotopic (exact) mass is 771 g/mol. The Bertz CT molecular complexity index is 2220. The molecular formula is C44H53N9O4. The van der Waals surface area contributed by atoms with Crippen LogP contribution < -0.4 is 31.7 Å². The van der Waals surface area contributed by atoms with Gasteiger partial charge < -0.3 is 40.4 Å². The molecule has 5 aliphatic heterocycles. The second-order valence-electron chi connectivity index (χ2n) is 17.0. The first-order valence-electron chi connectivity index (χ1n) is 20.7. The third kappa shape index (κ3) is 7.74. The van der Waals surface area contributed by atoms with E-state index in [0.717, 1.165) is 120 Å². The maximum Gasteiger partial charge on any atom is 0.271 e. The molecule has 298 valence electrons. The van der Waals surface area contributed by atoms with Crippen LogP contribution in [0.15, 0.2) is 78.0 Å².